The Labute approximate surface area is 73.8 Å². The van der Waals surface area contributed by atoms with Gasteiger partial charge in [-0.15, -0.1) is 6.58 Å². The zero-order valence-electron chi connectivity index (χ0n) is 7.62. The van der Waals surface area contributed by atoms with Crippen LogP contribution >= 0.6 is 0 Å². The first-order chi connectivity index (χ1) is 5.74. The molecule has 0 saturated heterocycles. The molecule has 2 aliphatic rings. The maximum Gasteiger partial charge on any atom is 0.139 e. The first kappa shape index (κ1) is 8.03. The molecule has 0 N–H and O–H groups in total. The van der Waals surface area contributed by atoms with E-state index in [2.05, 4.69) is 13.5 Å². The fraction of sp³-hybridized carbons (Fsp3) is 0.727. The van der Waals surface area contributed by atoms with Gasteiger partial charge in [0.05, 0.1) is 0 Å². The molecule has 12 heavy (non-hydrogen) atoms. The highest BCUT2D eigenvalue weighted by molar-refractivity contribution is 5.85. The van der Waals surface area contributed by atoms with Crippen molar-refractivity contribution in [2.45, 2.75) is 26.2 Å². The molecule has 2 aliphatic carbocycles. The van der Waals surface area contributed by atoms with Crippen molar-refractivity contribution in [3.63, 3.8) is 0 Å². The minimum absolute atomic E-state index is 0.244. The van der Waals surface area contributed by atoms with Crippen LogP contribution in [0.25, 0.3) is 0 Å². The van der Waals surface area contributed by atoms with Gasteiger partial charge in [0, 0.05) is 11.8 Å². The van der Waals surface area contributed by atoms with Crippen molar-refractivity contribution in [2.24, 2.45) is 23.7 Å². The number of fused-ring (bicyclic) bond motifs is 2. The maximum absolute atomic E-state index is 11.7. The molecular weight excluding hydrogens is 148 g/mol. The van der Waals surface area contributed by atoms with Crippen LogP contribution in [0.15, 0.2) is 12.7 Å². The van der Waals surface area contributed by atoms with Gasteiger partial charge < -0.3 is 0 Å². The Hall–Kier alpha value is -0.590. The number of Topliss-reactive ketones (excluding diaryl/α,β-unsaturated/α-hetero) is 1. The minimum Gasteiger partial charge on any atom is -0.299 e. The van der Waals surface area contributed by atoms with Crippen molar-refractivity contribution in [2.75, 3.05) is 0 Å². The van der Waals surface area contributed by atoms with Crippen LogP contribution in [-0.4, -0.2) is 5.78 Å². The Balaban J connectivity index is 2.25. The maximum atomic E-state index is 11.7. The zero-order valence-corrected chi connectivity index (χ0v) is 7.62. The van der Waals surface area contributed by atoms with Crippen LogP contribution in [-0.2, 0) is 4.79 Å². The van der Waals surface area contributed by atoms with Gasteiger partial charge in [0.15, 0.2) is 0 Å². The van der Waals surface area contributed by atoms with Crippen LogP contribution in [0.2, 0.25) is 0 Å². The summed E-state index contributed by atoms with van der Waals surface area (Å²) < 4.78 is 0. The van der Waals surface area contributed by atoms with Gasteiger partial charge in [0.25, 0.3) is 0 Å². The van der Waals surface area contributed by atoms with Crippen LogP contribution in [0.1, 0.15) is 26.2 Å². The van der Waals surface area contributed by atoms with Crippen LogP contribution < -0.4 is 0 Å². The fourth-order valence-electron chi connectivity index (χ4n) is 2.99. The molecule has 66 valence electrons. The summed E-state index contributed by atoms with van der Waals surface area (Å²) in [5, 5.41) is 0. The average molecular weight is 164 g/mol. The van der Waals surface area contributed by atoms with Gasteiger partial charge in [-0.2, -0.15) is 0 Å². The molecule has 0 aromatic rings. The molecule has 0 spiro atoms. The van der Waals surface area contributed by atoms with Crippen molar-refractivity contribution in [3.8, 4) is 0 Å². The van der Waals surface area contributed by atoms with E-state index in [0.717, 1.165) is 18.8 Å². The molecular formula is C11H16O. The summed E-state index contributed by atoms with van der Waals surface area (Å²) >= 11 is 0. The molecule has 2 bridgehead atoms. The number of carbonyl (C=O) groups is 1. The third-order valence-corrected chi connectivity index (χ3v) is 3.72. The van der Waals surface area contributed by atoms with Gasteiger partial charge >= 0.3 is 0 Å². The van der Waals surface area contributed by atoms with Crippen LogP contribution in [0.5, 0.6) is 0 Å². The van der Waals surface area contributed by atoms with E-state index in [-0.39, 0.29) is 5.92 Å². The normalized spacial score (nSPS) is 46.2. The molecule has 0 radical (unpaired) electrons. The van der Waals surface area contributed by atoms with Crippen molar-refractivity contribution in [1.29, 1.82) is 0 Å². The SMILES string of the molecule is C=CC1C2CCC(C2)C(=O)C1C. The van der Waals surface area contributed by atoms with Gasteiger partial charge in [-0.25, -0.2) is 0 Å². The Morgan fingerprint density at radius 1 is 1.50 bits per heavy atom. The lowest BCUT2D eigenvalue weighted by molar-refractivity contribution is -0.129. The largest absolute Gasteiger partial charge is 0.299 e. The van der Waals surface area contributed by atoms with E-state index in [9.17, 15) is 4.79 Å². The van der Waals surface area contributed by atoms with E-state index < -0.39 is 0 Å². The monoisotopic (exact) mass is 164 g/mol. The van der Waals surface area contributed by atoms with E-state index in [0.29, 0.717) is 17.6 Å². The summed E-state index contributed by atoms with van der Waals surface area (Å²) in [6, 6.07) is 0. The van der Waals surface area contributed by atoms with Gasteiger partial charge in [0.2, 0.25) is 0 Å². The number of carbonyl (C=O) groups excluding carboxylic acids is 1. The van der Waals surface area contributed by atoms with Crippen molar-refractivity contribution in [1.82, 2.24) is 0 Å². The summed E-state index contributed by atoms with van der Waals surface area (Å²) in [5.74, 6) is 2.38. The molecule has 2 saturated carbocycles. The van der Waals surface area contributed by atoms with Gasteiger partial charge in [0.1, 0.15) is 5.78 Å². The predicted molar refractivity (Wildman–Crippen MR) is 48.7 cm³/mol. The number of hydrogen-bond donors (Lipinski definition) is 0. The third-order valence-electron chi connectivity index (χ3n) is 3.72. The smallest absolute Gasteiger partial charge is 0.139 e. The second-order valence-electron chi connectivity index (χ2n) is 4.27. The standard InChI is InChI=1S/C11H16O/c1-3-10-7(2)11(12)9-5-4-8(10)6-9/h3,7-10H,1,4-6H2,2H3. The second kappa shape index (κ2) is 2.72. The molecule has 0 aromatic heterocycles. The van der Waals surface area contributed by atoms with E-state index in [1.54, 1.807) is 0 Å². The van der Waals surface area contributed by atoms with Crippen LogP contribution in [0, 0.1) is 23.7 Å². The summed E-state index contributed by atoms with van der Waals surface area (Å²) in [7, 11) is 0. The highest BCUT2D eigenvalue weighted by atomic mass is 16.1. The fourth-order valence-corrected chi connectivity index (χ4v) is 2.99. The summed E-state index contributed by atoms with van der Waals surface area (Å²) in [5.41, 5.74) is 0. The molecule has 4 atom stereocenters. The second-order valence-corrected chi connectivity index (χ2v) is 4.27. The topological polar surface area (TPSA) is 17.1 Å². The van der Waals surface area contributed by atoms with Crippen LogP contribution in [0.4, 0.5) is 0 Å². The molecule has 0 aliphatic heterocycles. The van der Waals surface area contributed by atoms with Crippen molar-refractivity contribution >= 4 is 5.78 Å². The highest BCUT2D eigenvalue weighted by Crippen LogP contribution is 2.46. The number of ketones is 1. The molecule has 1 nitrogen and oxygen atoms in total. The molecule has 2 rings (SSSR count). The summed E-state index contributed by atoms with van der Waals surface area (Å²) in [6.07, 6.45) is 5.52. The lowest BCUT2D eigenvalue weighted by atomic mass is 9.72. The van der Waals surface area contributed by atoms with Crippen molar-refractivity contribution < 1.29 is 4.79 Å². The molecule has 0 amide bonds. The molecule has 1 heteroatoms. The van der Waals surface area contributed by atoms with E-state index in [4.69, 9.17) is 0 Å². The lowest BCUT2D eigenvalue weighted by Gasteiger charge is -2.31. The summed E-state index contributed by atoms with van der Waals surface area (Å²) in [6.45, 7) is 5.90. The Bertz CT molecular complexity index is 219. The Kier molecular flexibility index (Phi) is 1.82. The van der Waals surface area contributed by atoms with Crippen molar-refractivity contribution in [3.05, 3.63) is 12.7 Å². The lowest BCUT2D eigenvalue weighted by Crippen LogP contribution is -2.33. The number of rotatable bonds is 1. The van der Waals surface area contributed by atoms with E-state index in [1.165, 1.54) is 6.42 Å². The average Bonchev–Trinajstić information content (AvgIpc) is 2.49. The molecule has 0 heterocycles. The summed E-state index contributed by atoms with van der Waals surface area (Å²) in [4.78, 5) is 11.7. The van der Waals surface area contributed by atoms with E-state index in [1.807, 2.05) is 6.08 Å². The molecule has 2 fully saturated rings. The first-order valence-corrected chi connectivity index (χ1v) is 4.90. The number of hydrogen-bond acceptors (Lipinski definition) is 1. The van der Waals surface area contributed by atoms with E-state index >= 15 is 0 Å². The van der Waals surface area contributed by atoms with Gasteiger partial charge in [-0.3, -0.25) is 4.79 Å². The molecule has 4 unspecified atom stereocenters. The third kappa shape index (κ3) is 0.954. The minimum atomic E-state index is 0.244. The zero-order chi connectivity index (χ0) is 8.72. The highest BCUT2D eigenvalue weighted by Gasteiger charge is 2.43. The first-order valence-electron chi connectivity index (χ1n) is 4.90. The molecule has 0 aromatic carbocycles. The number of allylic oxidation sites excluding steroid dienone is 1. The van der Waals surface area contributed by atoms with Crippen LogP contribution in [0.3, 0.4) is 0 Å². The predicted octanol–water partition coefficient (Wildman–Crippen LogP) is 2.42. The quantitative estimate of drug-likeness (QED) is 0.544. The van der Waals surface area contributed by atoms with Gasteiger partial charge in [-0.05, 0) is 31.1 Å². The Morgan fingerprint density at radius 2 is 2.25 bits per heavy atom. The Morgan fingerprint density at radius 3 is 2.92 bits per heavy atom. The van der Waals surface area contributed by atoms with Gasteiger partial charge in [-0.1, -0.05) is 13.0 Å².